The molecule has 1 aliphatic rings. The topological polar surface area (TPSA) is 146 Å². The van der Waals surface area contributed by atoms with Crippen LogP contribution in [0.2, 0.25) is 5.02 Å². The number of aromatic amines is 1. The maximum Gasteiger partial charge on any atom is 0.411 e. The molecule has 2 N–H and O–H groups in total. The standard InChI is InChI=1S/C27H24ClN9O3/c1-15(2)40-27(39)32-18-4-6-21(29-12-18)22-13-30-26(33-22)24-8-5-19-9-16(10-25(38)37(19)24)20-11-17(28)3-7-23(20)36-14-31-34-35-36/h3-4,6-7,9-15,24H,5,8H2,1-2H3,(H,30,33)(H,32,39)/t24-/m0/s1. The van der Waals surface area contributed by atoms with Crippen LogP contribution in [-0.4, -0.2) is 51.9 Å². The SMILES string of the molecule is CC(C)OC(=O)Nc1ccc(-c2cnc([C@@H]3CCc4cc(-c5cc(Cl)ccc5-n5cnnn5)cc(=O)n43)[nH]2)nc1. The van der Waals surface area contributed by atoms with Crippen molar-refractivity contribution in [3.8, 4) is 28.2 Å². The summed E-state index contributed by atoms with van der Waals surface area (Å²) in [5.74, 6) is 0.672. The number of carbonyl (C=O) groups excluding carboxylic acids is 1. The molecule has 0 bridgehead atoms. The summed E-state index contributed by atoms with van der Waals surface area (Å²) in [5.41, 5.74) is 4.84. The lowest BCUT2D eigenvalue weighted by Crippen LogP contribution is -2.23. The first-order valence-electron chi connectivity index (χ1n) is 12.6. The van der Waals surface area contributed by atoms with Crippen LogP contribution in [0.15, 0.2) is 66.0 Å². The quantitative estimate of drug-likeness (QED) is 0.312. The molecule has 202 valence electrons. The van der Waals surface area contributed by atoms with Crippen molar-refractivity contribution < 1.29 is 9.53 Å². The van der Waals surface area contributed by atoms with Gasteiger partial charge in [-0.3, -0.25) is 15.1 Å². The Kier molecular flexibility index (Phi) is 6.60. The third-order valence-electron chi connectivity index (χ3n) is 6.54. The molecule has 0 spiro atoms. The molecule has 0 saturated carbocycles. The van der Waals surface area contributed by atoms with E-state index in [4.69, 9.17) is 16.3 Å². The van der Waals surface area contributed by atoms with Gasteiger partial charge in [0.05, 0.1) is 47.3 Å². The number of aryl methyl sites for hydroxylation is 1. The second-order valence-electron chi connectivity index (χ2n) is 9.61. The van der Waals surface area contributed by atoms with Crippen LogP contribution in [0, 0.1) is 0 Å². The van der Waals surface area contributed by atoms with Crippen LogP contribution in [0.4, 0.5) is 10.5 Å². The van der Waals surface area contributed by atoms with Crippen molar-refractivity contribution in [3.05, 3.63) is 88.1 Å². The highest BCUT2D eigenvalue weighted by molar-refractivity contribution is 6.31. The van der Waals surface area contributed by atoms with Gasteiger partial charge in [0.1, 0.15) is 12.2 Å². The number of benzene rings is 1. The van der Waals surface area contributed by atoms with Crippen molar-refractivity contribution in [2.75, 3.05) is 5.32 Å². The molecule has 1 aromatic carbocycles. The van der Waals surface area contributed by atoms with Crippen molar-refractivity contribution >= 4 is 23.4 Å². The fraction of sp³-hybridized carbons (Fsp3) is 0.222. The zero-order valence-electron chi connectivity index (χ0n) is 21.6. The molecule has 0 aliphatic carbocycles. The number of rotatable bonds is 6. The van der Waals surface area contributed by atoms with Crippen LogP contribution in [0.25, 0.3) is 28.2 Å². The second-order valence-corrected chi connectivity index (χ2v) is 10.0. The summed E-state index contributed by atoms with van der Waals surface area (Å²) in [6.45, 7) is 3.56. The monoisotopic (exact) mass is 557 g/mol. The summed E-state index contributed by atoms with van der Waals surface area (Å²) in [4.78, 5) is 37.6. The van der Waals surface area contributed by atoms with E-state index >= 15 is 0 Å². The number of amides is 1. The Morgan fingerprint density at radius 2 is 2.02 bits per heavy atom. The Balaban J connectivity index is 1.26. The molecule has 13 heteroatoms. The van der Waals surface area contributed by atoms with E-state index in [-0.39, 0.29) is 17.7 Å². The van der Waals surface area contributed by atoms with Crippen LogP contribution in [0.1, 0.15) is 37.8 Å². The molecule has 0 fully saturated rings. The Morgan fingerprint density at radius 1 is 1.15 bits per heavy atom. The van der Waals surface area contributed by atoms with Crippen LogP contribution in [0.3, 0.4) is 0 Å². The molecule has 1 amide bonds. The number of nitrogens with one attached hydrogen (secondary N) is 2. The van der Waals surface area contributed by atoms with Gasteiger partial charge in [-0.15, -0.1) is 5.10 Å². The first-order valence-corrected chi connectivity index (χ1v) is 13.0. The molecule has 5 heterocycles. The van der Waals surface area contributed by atoms with Gasteiger partial charge in [0.25, 0.3) is 5.56 Å². The van der Waals surface area contributed by atoms with Crippen LogP contribution in [0.5, 0.6) is 0 Å². The van der Waals surface area contributed by atoms with Gasteiger partial charge >= 0.3 is 6.09 Å². The molecule has 6 rings (SSSR count). The summed E-state index contributed by atoms with van der Waals surface area (Å²) >= 11 is 6.30. The highest BCUT2D eigenvalue weighted by Crippen LogP contribution is 2.34. The Morgan fingerprint density at radius 3 is 2.77 bits per heavy atom. The van der Waals surface area contributed by atoms with Crippen molar-refractivity contribution in [1.82, 2.24) is 39.7 Å². The normalized spacial score (nSPS) is 14.3. The number of ether oxygens (including phenoxy) is 1. The minimum atomic E-state index is -0.538. The van der Waals surface area contributed by atoms with Crippen LogP contribution >= 0.6 is 11.6 Å². The summed E-state index contributed by atoms with van der Waals surface area (Å²) < 4.78 is 8.40. The third kappa shape index (κ3) is 4.96. The largest absolute Gasteiger partial charge is 0.447 e. The maximum atomic E-state index is 13.4. The van der Waals surface area contributed by atoms with E-state index in [9.17, 15) is 9.59 Å². The average Bonchev–Trinajstić information content (AvgIpc) is 3.69. The minimum Gasteiger partial charge on any atom is -0.447 e. The summed E-state index contributed by atoms with van der Waals surface area (Å²) in [5, 5.41) is 14.6. The number of H-pyrrole nitrogens is 1. The maximum absolute atomic E-state index is 13.4. The number of nitrogens with zero attached hydrogens (tertiary/aromatic N) is 7. The molecule has 40 heavy (non-hydrogen) atoms. The third-order valence-corrected chi connectivity index (χ3v) is 6.77. The Labute approximate surface area is 233 Å². The molecular weight excluding hydrogens is 534 g/mol. The molecule has 5 aromatic rings. The zero-order chi connectivity index (χ0) is 27.8. The molecule has 1 aliphatic heterocycles. The van der Waals surface area contributed by atoms with Crippen LogP contribution < -0.4 is 10.9 Å². The van der Waals surface area contributed by atoms with Crippen molar-refractivity contribution in [2.45, 2.75) is 38.8 Å². The fourth-order valence-corrected chi connectivity index (χ4v) is 5.02. The van der Waals surface area contributed by atoms with E-state index in [1.54, 1.807) is 61.1 Å². The number of fused-ring (bicyclic) bond motifs is 1. The second kappa shape index (κ2) is 10.4. The first kappa shape index (κ1) is 25.4. The van der Waals surface area contributed by atoms with Crippen molar-refractivity contribution in [3.63, 3.8) is 0 Å². The van der Waals surface area contributed by atoms with Gasteiger partial charge in [-0.05, 0) is 79.1 Å². The Bertz CT molecular complexity index is 1740. The molecule has 0 radical (unpaired) electrons. The van der Waals surface area contributed by atoms with E-state index < -0.39 is 6.09 Å². The number of hydrogen-bond donors (Lipinski definition) is 2. The van der Waals surface area contributed by atoms with Gasteiger partial charge in [-0.2, -0.15) is 4.68 Å². The first-order chi connectivity index (χ1) is 19.4. The number of anilines is 1. The lowest BCUT2D eigenvalue weighted by molar-refractivity contribution is 0.130. The summed E-state index contributed by atoms with van der Waals surface area (Å²) in [6, 6.07) is 12.3. The lowest BCUT2D eigenvalue weighted by atomic mass is 10.0. The predicted octanol–water partition coefficient (Wildman–Crippen LogP) is 4.42. The molecule has 4 aromatic heterocycles. The molecular formula is C27H24ClN9O3. The number of hydrogen-bond acceptors (Lipinski definition) is 8. The number of carbonyl (C=O) groups is 1. The number of pyridine rings is 2. The van der Waals surface area contributed by atoms with E-state index in [0.29, 0.717) is 34.3 Å². The summed E-state index contributed by atoms with van der Waals surface area (Å²) in [7, 11) is 0. The van der Waals surface area contributed by atoms with Gasteiger partial charge in [0.15, 0.2) is 0 Å². The highest BCUT2D eigenvalue weighted by atomic mass is 35.5. The molecule has 1 atom stereocenters. The number of imidazole rings is 1. The number of halogens is 1. The van der Waals surface area contributed by atoms with Crippen molar-refractivity contribution in [2.24, 2.45) is 0 Å². The minimum absolute atomic E-state index is 0.141. The number of aromatic nitrogens is 8. The van der Waals surface area contributed by atoms with Gasteiger partial charge in [0, 0.05) is 22.3 Å². The lowest BCUT2D eigenvalue weighted by Gasteiger charge is -2.15. The van der Waals surface area contributed by atoms with Gasteiger partial charge in [-0.1, -0.05) is 11.6 Å². The zero-order valence-corrected chi connectivity index (χ0v) is 22.3. The van der Waals surface area contributed by atoms with Crippen molar-refractivity contribution in [1.29, 1.82) is 0 Å². The van der Waals surface area contributed by atoms with Gasteiger partial charge < -0.3 is 14.3 Å². The number of tetrazole rings is 1. The fourth-order valence-electron chi connectivity index (χ4n) is 4.84. The predicted molar refractivity (Wildman–Crippen MR) is 147 cm³/mol. The van der Waals surface area contributed by atoms with E-state index in [2.05, 4.69) is 35.8 Å². The van der Waals surface area contributed by atoms with Crippen LogP contribution in [-0.2, 0) is 11.2 Å². The summed E-state index contributed by atoms with van der Waals surface area (Å²) in [6.07, 6.45) is 5.40. The molecule has 12 nitrogen and oxygen atoms in total. The molecule has 0 saturated heterocycles. The van der Waals surface area contributed by atoms with E-state index in [1.807, 2.05) is 12.1 Å². The average molecular weight is 558 g/mol. The van der Waals surface area contributed by atoms with Gasteiger partial charge in [0.2, 0.25) is 0 Å². The van der Waals surface area contributed by atoms with E-state index in [0.717, 1.165) is 28.9 Å². The smallest absolute Gasteiger partial charge is 0.411 e. The van der Waals surface area contributed by atoms with Gasteiger partial charge in [-0.25, -0.2) is 9.78 Å². The van der Waals surface area contributed by atoms with E-state index in [1.165, 1.54) is 11.0 Å². The molecule has 0 unspecified atom stereocenters. The highest BCUT2D eigenvalue weighted by Gasteiger charge is 2.28. The Hall–Kier alpha value is -4.84.